The first-order valence-electron chi connectivity index (χ1n) is 9.66. The molecule has 164 valence electrons. The Hall–Kier alpha value is -3.40. The van der Waals surface area contributed by atoms with E-state index in [9.17, 15) is 27.0 Å². The van der Waals surface area contributed by atoms with Crippen LogP contribution in [0.1, 0.15) is 27.7 Å². The van der Waals surface area contributed by atoms with E-state index in [1.54, 1.807) is 6.20 Å². The van der Waals surface area contributed by atoms with Crippen molar-refractivity contribution in [2.24, 2.45) is 0 Å². The van der Waals surface area contributed by atoms with Gasteiger partial charge in [0.2, 0.25) is 0 Å². The average molecular weight is 459 g/mol. The zero-order valence-corrected chi connectivity index (χ0v) is 17.5. The van der Waals surface area contributed by atoms with Gasteiger partial charge in [-0.25, -0.2) is 13.2 Å². The molecule has 32 heavy (non-hydrogen) atoms. The highest BCUT2D eigenvalue weighted by Gasteiger charge is 2.34. The Kier molecular flexibility index (Phi) is 4.70. The Balaban J connectivity index is 1.65. The van der Waals surface area contributed by atoms with E-state index in [4.69, 9.17) is 0 Å². The number of nitrogens with one attached hydrogen (secondary N) is 1. The lowest BCUT2D eigenvalue weighted by Gasteiger charge is -2.33. The molecule has 5 rings (SSSR count). The lowest BCUT2D eigenvalue weighted by atomic mass is 9.97. The third-order valence-electron chi connectivity index (χ3n) is 5.78. The molecule has 1 aromatic carbocycles. The number of amides is 1. The van der Waals surface area contributed by atoms with Gasteiger partial charge in [-0.05, 0) is 35.7 Å². The number of H-pyrrole nitrogens is 1. The van der Waals surface area contributed by atoms with E-state index >= 15 is 0 Å². The highest BCUT2D eigenvalue weighted by molar-refractivity contribution is 7.84. The maximum absolute atomic E-state index is 14.1. The van der Waals surface area contributed by atoms with Gasteiger partial charge in [-0.1, -0.05) is 0 Å². The summed E-state index contributed by atoms with van der Waals surface area (Å²) >= 11 is 0. The number of fused-ring (bicyclic) bond motifs is 4. The molecule has 0 unspecified atom stereocenters. The van der Waals surface area contributed by atoms with E-state index in [1.165, 1.54) is 40.7 Å². The summed E-state index contributed by atoms with van der Waals surface area (Å²) in [6.07, 6.45) is 3.09. The van der Waals surface area contributed by atoms with Crippen LogP contribution in [0.3, 0.4) is 0 Å². The summed E-state index contributed by atoms with van der Waals surface area (Å²) in [5, 5.41) is 0.106. The van der Waals surface area contributed by atoms with Gasteiger partial charge >= 0.3 is 0 Å². The molecule has 4 aromatic rings. The minimum absolute atomic E-state index is 0.0271. The summed E-state index contributed by atoms with van der Waals surface area (Å²) in [6, 6.07) is 5.18. The van der Waals surface area contributed by atoms with Crippen molar-refractivity contribution in [3.05, 3.63) is 87.4 Å². The Morgan fingerprint density at radius 1 is 1.16 bits per heavy atom. The second-order valence-corrected chi connectivity index (χ2v) is 9.22. The van der Waals surface area contributed by atoms with Gasteiger partial charge in [-0.15, -0.1) is 0 Å². The summed E-state index contributed by atoms with van der Waals surface area (Å²) in [5.41, 5.74) is 0.545. The molecule has 0 radical (unpaired) electrons. The van der Waals surface area contributed by atoms with Gasteiger partial charge in [0.15, 0.2) is 11.6 Å². The van der Waals surface area contributed by atoms with E-state index in [2.05, 4.69) is 4.98 Å². The largest absolute Gasteiger partial charge is 0.334 e. The van der Waals surface area contributed by atoms with Gasteiger partial charge in [0.25, 0.3) is 11.5 Å². The highest BCUT2D eigenvalue weighted by Crippen LogP contribution is 2.35. The maximum atomic E-state index is 14.1. The van der Waals surface area contributed by atoms with Gasteiger partial charge in [-0.2, -0.15) is 0 Å². The molecule has 2 atom stereocenters. The lowest BCUT2D eigenvalue weighted by molar-refractivity contribution is 0.0744. The molecule has 0 saturated heterocycles. The molecular formula is C22H16F3N3O3S. The van der Waals surface area contributed by atoms with Crippen LogP contribution in [-0.4, -0.2) is 37.2 Å². The first-order chi connectivity index (χ1) is 15.2. The number of hydrogen-bond acceptors (Lipinski definition) is 3. The quantitative estimate of drug-likeness (QED) is 0.500. The topological polar surface area (TPSA) is 74.7 Å². The Bertz CT molecular complexity index is 1510. The van der Waals surface area contributed by atoms with E-state index in [-0.39, 0.29) is 33.4 Å². The van der Waals surface area contributed by atoms with Crippen molar-refractivity contribution >= 4 is 33.0 Å². The predicted molar refractivity (Wildman–Crippen MR) is 113 cm³/mol. The molecule has 0 spiro atoms. The molecule has 0 fully saturated rings. The number of halogens is 3. The van der Waals surface area contributed by atoms with E-state index < -0.39 is 45.8 Å². The van der Waals surface area contributed by atoms with Gasteiger partial charge in [0.05, 0.1) is 28.3 Å². The van der Waals surface area contributed by atoms with Crippen LogP contribution in [0.15, 0.2) is 47.5 Å². The molecule has 0 aliphatic carbocycles. The van der Waals surface area contributed by atoms with E-state index in [0.29, 0.717) is 11.3 Å². The average Bonchev–Trinajstić information content (AvgIpc) is 3.19. The molecule has 1 aliphatic rings. The molecule has 0 saturated carbocycles. The fourth-order valence-corrected chi connectivity index (χ4v) is 5.64. The van der Waals surface area contributed by atoms with E-state index in [1.807, 2.05) is 0 Å². The van der Waals surface area contributed by atoms with Crippen LogP contribution in [0.5, 0.6) is 0 Å². The van der Waals surface area contributed by atoms with Crippen LogP contribution >= 0.6 is 0 Å². The normalized spacial score (nSPS) is 18.1. The Labute approximate surface area is 181 Å². The third kappa shape index (κ3) is 3.13. The fourth-order valence-electron chi connectivity index (χ4n) is 4.23. The SMILES string of the molecule is CN(C(=O)c1cc2c(F)cccn2c1)[C@H]1C[S@](=O)Cc2[nH]c(=O)c3cc(F)c(F)cc3c21. The van der Waals surface area contributed by atoms with Crippen LogP contribution in [0, 0.1) is 17.5 Å². The summed E-state index contributed by atoms with van der Waals surface area (Å²) in [5.74, 6) is -3.16. The minimum Gasteiger partial charge on any atom is -0.334 e. The zero-order valence-electron chi connectivity index (χ0n) is 16.7. The van der Waals surface area contributed by atoms with Gasteiger partial charge in [0.1, 0.15) is 5.82 Å². The number of pyridine rings is 2. The standard InChI is InChI=1S/C22H16F3N3O3S/c1-27(22(30)11-5-18-14(23)3-2-4-28(18)8-11)19-10-32(31)9-17-20(19)12-6-15(24)16(25)7-13(12)21(29)26-17/h2-8,19H,9-10H2,1H3,(H,26,29)/t19-,32+/m0/s1. The van der Waals surface area contributed by atoms with Crippen molar-refractivity contribution in [1.29, 1.82) is 0 Å². The summed E-state index contributed by atoms with van der Waals surface area (Å²) in [4.78, 5) is 29.6. The minimum atomic E-state index is -1.40. The number of carbonyl (C=O) groups excluding carboxylic acids is 1. The van der Waals surface area contributed by atoms with Crippen molar-refractivity contribution in [3.8, 4) is 0 Å². The number of nitrogens with zero attached hydrogens (tertiary/aromatic N) is 2. The second-order valence-electron chi connectivity index (χ2n) is 7.72. The second kappa shape index (κ2) is 7.33. The van der Waals surface area contributed by atoms with Crippen LogP contribution in [0.25, 0.3) is 16.3 Å². The monoisotopic (exact) mass is 459 g/mol. The van der Waals surface area contributed by atoms with Crippen molar-refractivity contribution < 1.29 is 22.2 Å². The maximum Gasteiger partial charge on any atom is 0.256 e. The first-order valence-corrected chi connectivity index (χ1v) is 11.2. The van der Waals surface area contributed by atoms with Crippen molar-refractivity contribution in [3.63, 3.8) is 0 Å². The van der Waals surface area contributed by atoms with Crippen LogP contribution in [0.2, 0.25) is 0 Å². The lowest BCUT2D eigenvalue weighted by Crippen LogP contribution is -2.38. The third-order valence-corrected chi connectivity index (χ3v) is 7.08. The van der Waals surface area contributed by atoms with Crippen molar-refractivity contribution in [1.82, 2.24) is 14.3 Å². The number of benzene rings is 1. The van der Waals surface area contributed by atoms with Gasteiger partial charge < -0.3 is 14.3 Å². The van der Waals surface area contributed by atoms with Crippen LogP contribution in [-0.2, 0) is 16.6 Å². The fraction of sp³-hybridized carbons (Fsp3) is 0.182. The molecule has 6 nitrogen and oxygen atoms in total. The highest BCUT2D eigenvalue weighted by atomic mass is 32.2. The Morgan fingerprint density at radius 3 is 2.59 bits per heavy atom. The predicted octanol–water partition coefficient (Wildman–Crippen LogP) is 3.27. The molecule has 10 heteroatoms. The van der Waals surface area contributed by atoms with Gasteiger partial charge in [0, 0.05) is 47.3 Å². The van der Waals surface area contributed by atoms with Crippen molar-refractivity contribution in [2.45, 2.75) is 11.8 Å². The number of rotatable bonds is 2. The molecule has 3 aromatic heterocycles. The van der Waals surface area contributed by atoms with Crippen LogP contribution in [0.4, 0.5) is 13.2 Å². The summed E-state index contributed by atoms with van der Waals surface area (Å²) < 4.78 is 55.9. The number of aromatic amines is 1. The first kappa shape index (κ1) is 20.5. The molecule has 4 heterocycles. The molecule has 1 aliphatic heterocycles. The Morgan fingerprint density at radius 2 is 1.88 bits per heavy atom. The number of carbonyl (C=O) groups is 1. The molecule has 0 bridgehead atoms. The van der Waals surface area contributed by atoms with Crippen LogP contribution < -0.4 is 5.56 Å². The van der Waals surface area contributed by atoms with E-state index in [0.717, 1.165) is 12.1 Å². The summed E-state index contributed by atoms with van der Waals surface area (Å²) in [7, 11) is 0.0933. The molecule has 1 amide bonds. The molecular weight excluding hydrogens is 443 g/mol. The molecule has 1 N–H and O–H groups in total. The zero-order chi connectivity index (χ0) is 22.7. The van der Waals surface area contributed by atoms with Gasteiger partial charge in [-0.3, -0.25) is 13.8 Å². The smallest absolute Gasteiger partial charge is 0.256 e. The van der Waals surface area contributed by atoms with Crippen molar-refractivity contribution in [2.75, 3.05) is 12.8 Å². The summed E-state index contributed by atoms with van der Waals surface area (Å²) in [6.45, 7) is 0. The number of aromatic nitrogens is 2. The number of hydrogen-bond donors (Lipinski definition) is 1.